The van der Waals surface area contributed by atoms with Crippen molar-refractivity contribution in [2.45, 2.75) is 0 Å². The Labute approximate surface area is 75.0 Å². The van der Waals surface area contributed by atoms with Gasteiger partial charge in [-0.3, -0.25) is 0 Å². The van der Waals surface area contributed by atoms with Gasteiger partial charge in [0.1, 0.15) is 6.20 Å². The minimum Gasteiger partial charge on any atom is -0.591 e. The highest BCUT2D eigenvalue weighted by molar-refractivity contribution is 5.84. The molecule has 0 fully saturated rings. The maximum atomic E-state index is 11.1. The quantitative estimate of drug-likeness (QED) is 0.478. The smallest absolute Gasteiger partial charge is 0.413 e. The lowest BCUT2D eigenvalue weighted by Gasteiger charge is -2.02. The summed E-state index contributed by atoms with van der Waals surface area (Å²) in [4.78, 5) is 0.475. The van der Waals surface area contributed by atoms with Gasteiger partial charge in [-0.05, 0) is 10.9 Å². The van der Waals surface area contributed by atoms with Crippen molar-refractivity contribution >= 4 is 10.8 Å². The maximum absolute atomic E-state index is 11.1. The Balaban J connectivity index is 2.84. The Morgan fingerprint density at radius 3 is 2.92 bits per heavy atom. The second kappa shape index (κ2) is 2.90. The lowest BCUT2D eigenvalue weighted by molar-refractivity contribution is -0.672. The summed E-state index contributed by atoms with van der Waals surface area (Å²) in [6, 6.07) is 7.44. The number of hydrogen-bond donors (Lipinski definition) is 0. The van der Waals surface area contributed by atoms with E-state index in [4.69, 9.17) is 4.74 Å². The summed E-state index contributed by atoms with van der Waals surface area (Å²) >= 11 is 0. The largest absolute Gasteiger partial charge is 0.591 e. The van der Waals surface area contributed by atoms with Crippen LogP contribution in [0.3, 0.4) is 0 Å². The molecular formula is C9H8N2O2. The van der Waals surface area contributed by atoms with Crippen LogP contribution in [0, 0.1) is 5.21 Å². The Kier molecular flexibility index (Phi) is 1.73. The topological polar surface area (TPSA) is 49.1 Å². The number of benzene rings is 1. The first-order valence-corrected chi connectivity index (χ1v) is 3.84. The molecule has 1 aromatic heterocycles. The van der Waals surface area contributed by atoms with Crippen LogP contribution in [0.4, 0.5) is 0 Å². The highest BCUT2D eigenvalue weighted by Crippen LogP contribution is 2.19. The third kappa shape index (κ3) is 1.16. The molecule has 0 N–H and O–H groups in total. The van der Waals surface area contributed by atoms with E-state index in [0.29, 0.717) is 4.85 Å². The van der Waals surface area contributed by atoms with Crippen molar-refractivity contribution in [3.05, 3.63) is 35.7 Å². The number of rotatable bonds is 1. The van der Waals surface area contributed by atoms with Crippen molar-refractivity contribution in [2.75, 3.05) is 7.11 Å². The fourth-order valence-corrected chi connectivity index (χ4v) is 1.26. The van der Waals surface area contributed by atoms with E-state index < -0.39 is 0 Å². The second-order valence-electron chi connectivity index (χ2n) is 2.61. The van der Waals surface area contributed by atoms with Crippen LogP contribution in [0.15, 0.2) is 30.5 Å². The number of fused-ring (bicyclic) bond motifs is 1. The van der Waals surface area contributed by atoms with Gasteiger partial charge in [-0.25, -0.2) is 0 Å². The van der Waals surface area contributed by atoms with Gasteiger partial charge in [0.05, 0.1) is 12.5 Å². The van der Waals surface area contributed by atoms with E-state index in [0.717, 1.165) is 10.8 Å². The van der Waals surface area contributed by atoms with Crippen LogP contribution >= 0.6 is 0 Å². The summed E-state index contributed by atoms with van der Waals surface area (Å²) in [6.45, 7) is 0. The zero-order chi connectivity index (χ0) is 9.26. The molecule has 13 heavy (non-hydrogen) atoms. The van der Waals surface area contributed by atoms with Crippen LogP contribution in [0.25, 0.3) is 10.8 Å². The van der Waals surface area contributed by atoms with E-state index in [9.17, 15) is 5.21 Å². The molecule has 1 aromatic carbocycles. The van der Waals surface area contributed by atoms with E-state index in [1.807, 2.05) is 24.3 Å². The predicted octanol–water partition coefficient (Wildman–Crippen LogP) is 0.877. The lowest BCUT2D eigenvalue weighted by atomic mass is 10.2. The molecule has 0 spiro atoms. The summed E-state index contributed by atoms with van der Waals surface area (Å²) in [5.74, 6) is 0.234. The molecule has 0 radical (unpaired) electrons. The van der Waals surface area contributed by atoms with Crippen LogP contribution in [0.1, 0.15) is 0 Å². The second-order valence-corrected chi connectivity index (χ2v) is 2.61. The first kappa shape index (κ1) is 7.79. The van der Waals surface area contributed by atoms with Gasteiger partial charge in [-0.1, -0.05) is 18.2 Å². The average Bonchev–Trinajstić information content (AvgIpc) is 2.18. The molecule has 0 amide bonds. The van der Waals surface area contributed by atoms with Crippen LogP contribution in [-0.4, -0.2) is 12.2 Å². The first-order valence-electron chi connectivity index (χ1n) is 3.84. The lowest BCUT2D eigenvalue weighted by Crippen LogP contribution is -2.32. The third-order valence-corrected chi connectivity index (χ3v) is 1.86. The van der Waals surface area contributed by atoms with Crippen LogP contribution in [-0.2, 0) is 0 Å². The highest BCUT2D eigenvalue weighted by Gasteiger charge is 2.11. The molecule has 0 unspecified atom stereocenters. The van der Waals surface area contributed by atoms with E-state index in [-0.39, 0.29) is 5.88 Å². The summed E-state index contributed by atoms with van der Waals surface area (Å²) in [5, 5.41) is 16.4. The Bertz CT molecular complexity index is 443. The Hall–Kier alpha value is -1.84. The molecule has 0 saturated carbocycles. The first-order chi connectivity index (χ1) is 6.33. The van der Waals surface area contributed by atoms with Gasteiger partial charge in [0.15, 0.2) is 0 Å². The molecule has 0 aliphatic carbocycles. The molecule has 1 heterocycles. The zero-order valence-electron chi connectivity index (χ0n) is 7.10. The summed E-state index contributed by atoms with van der Waals surface area (Å²) in [5.41, 5.74) is 0. The normalized spacial score (nSPS) is 10.2. The Morgan fingerprint density at radius 1 is 1.38 bits per heavy atom. The van der Waals surface area contributed by atoms with Gasteiger partial charge in [-0.15, -0.1) is 0 Å². The number of aromatic nitrogens is 2. The van der Waals surface area contributed by atoms with Crippen LogP contribution < -0.4 is 9.58 Å². The summed E-state index contributed by atoms with van der Waals surface area (Å²) in [7, 11) is 1.46. The van der Waals surface area contributed by atoms with Crippen molar-refractivity contribution in [2.24, 2.45) is 0 Å². The molecule has 2 rings (SSSR count). The minimum absolute atomic E-state index is 0.234. The Morgan fingerprint density at radius 2 is 2.15 bits per heavy atom. The monoisotopic (exact) mass is 176 g/mol. The zero-order valence-corrected chi connectivity index (χ0v) is 7.10. The number of methoxy groups -OCH3 is 1. The summed E-state index contributed by atoms with van der Waals surface area (Å²) in [6.07, 6.45) is 1.52. The average molecular weight is 176 g/mol. The van der Waals surface area contributed by atoms with Crippen molar-refractivity contribution in [1.29, 1.82) is 0 Å². The van der Waals surface area contributed by atoms with Gasteiger partial charge in [0, 0.05) is 10.5 Å². The molecule has 0 aliphatic rings. The van der Waals surface area contributed by atoms with Gasteiger partial charge < -0.3 is 9.94 Å². The number of nitrogens with zero attached hydrogens (tertiary/aromatic N) is 2. The molecule has 0 bridgehead atoms. The van der Waals surface area contributed by atoms with Crippen molar-refractivity contribution in [3.63, 3.8) is 0 Å². The molecule has 2 aromatic rings. The SMILES string of the molecule is COc1c2ccccc2cn[n+]1[O-]. The van der Waals surface area contributed by atoms with Crippen molar-refractivity contribution in [1.82, 2.24) is 5.10 Å². The van der Waals surface area contributed by atoms with Gasteiger partial charge in [-0.2, -0.15) is 0 Å². The fraction of sp³-hybridized carbons (Fsp3) is 0.111. The highest BCUT2D eigenvalue weighted by atomic mass is 16.6. The molecular weight excluding hydrogens is 168 g/mol. The van der Waals surface area contributed by atoms with E-state index >= 15 is 0 Å². The number of ether oxygens (including phenoxy) is 1. The van der Waals surface area contributed by atoms with Crippen molar-refractivity contribution in [3.8, 4) is 5.88 Å². The minimum atomic E-state index is 0.234. The molecule has 0 atom stereocenters. The maximum Gasteiger partial charge on any atom is 0.413 e. The van der Waals surface area contributed by atoms with Crippen molar-refractivity contribution < 1.29 is 9.58 Å². The molecule has 4 nitrogen and oxygen atoms in total. The van der Waals surface area contributed by atoms with E-state index in [1.165, 1.54) is 13.3 Å². The summed E-state index contributed by atoms with van der Waals surface area (Å²) < 4.78 is 4.95. The molecule has 4 heteroatoms. The van der Waals surface area contributed by atoms with Gasteiger partial charge >= 0.3 is 5.88 Å². The van der Waals surface area contributed by atoms with Crippen LogP contribution in [0.2, 0.25) is 0 Å². The number of hydrogen-bond acceptors (Lipinski definition) is 3. The fourth-order valence-electron chi connectivity index (χ4n) is 1.26. The van der Waals surface area contributed by atoms with Crippen LogP contribution in [0.5, 0.6) is 5.88 Å². The predicted molar refractivity (Wildman–Crippen MR) is 47.3 cm³/mol. The standard InChI is InChI=1S/C9H8N2O2/c1-13-9-8-5-3-2-4-7(8)6-10-11(9)12/h2-6H,1H3. The van der Waals surface area contributed by atoms with E-state index in [1.54, 1.807) is 0 Å². The molecule has 0 aliphatic heterocycles. The van der Waals surface area contributed by atoms with E-state index in [2.05, 4.69) is 5.10 Å². The molecule has 0 saturated heterocycles. The third-order valence-electron chi connectivity index (χ3n) is 1.86. The van der Waals surface area contributed by atoms with Gasteiger partial charge in [0.2, 0.25) is 0 Å². The molecule has 66 valence electrons. The van der Waals surface area contributed by atoms with Gasteiger partial charge in [0.25, 0.3) is 0 Å².